The molecule has 0 bridgehead atoms. The first kappa shape index (κ1) is 19.4. The molecule has 4 heterocycles. The third kappa shape index (κ3) is 3.77. The van der Waals surface area contributed by atoms with Gasteiger partial charge in [0.1, 0.15) is 6.04 Å². The average molecular weight is 428 g/mol. The van der Waals surface area contributed by atoms with E-state index in [1.165, 1.54) is 16.9 Å². The van der Waals surface area contributed by atoms with Crippen molar-refractivity contribution in [3.8, 4) is 11.5 Å². The molecule has 2 fully saturated rings. The Morgan fingerprint density at radius 3 is 2.67 bits per heavy atom. The zero-order valence-corrected chi connectivity index (χ0v) is 17.6. The molecule has 3 aliphatic heterocycles. The van der Waals surface area contributed by atoms with Crippen LogP contribution in [0.25, 0.3) is 0 Å². The van der Waals surface area contributed by atoms with Crippen molar-refractivity contribution in [2.24, 2.45) is 0 Å². The van der Waals surface area contributed by atoms with Gasteiger partial charge in [-0.3, -0.25) is 14.5 Å². The minimum absolute atomic E-state index is 0.0118. The molecule has 1 aromatic heterocycles. The summed E-state index contributed by atoms with van der Waals surface area (Å²) in [6.07, 6.45) is 1.64. The van der Waals surface area contributed by atoms with E-state index in [1.54, 1.807) is 4.90 Å². The van der Waals surface area contributed by atoms with Crippen LogP contribution >= 0.6 is 11.3 Å². The number of nitrogens with zero attached hydrogens (tertiary/aromatic N) is 3. The standard InChI is InChI=1S/C22H25N3O4S/c26-21(17-3-1-7-25(17)22(27)20-4-2-12-30-20)24-10-8-23(9-11-24)14-16-5-6-18-19(13-16)29-15-28-18/h2,4-6,12-13,17H,1,3,7-11,14-15H2/t17-/m1/s1. The molecule has 1 atom stereocenters. The maximum atomic E-state index is 13.2. The molecule has 30 heavy (non-hydrogen) atoms. The molecule has 3 aliphatic rings. The van der Waals surface area contributed by atoms with Crippen LogP contribution in [0, 0.1) is 0 Å². The van der Waals surface area contributed by atoms with Crippen molar-refractivity contribution in [2.45, 2.75) is 25.4 Å². The molecule has 0 N–H and O–H groups in total. The fourth-order valence-electron chi connectivity index (χ4n) is 4.44. The first-order valence-electron chi connectivity index (χ1n) is 10.4. The number of thiophene rings is 1. The Balaban J connectivity index is 1.17. The summed E-state index contributed by atoms with van der Waals surface area (Å²) in [5.41, 5.74) is 1.18. The predicted molar refractivity (Wildman–Crippen MR) is 113 cm³/mol. The summed E-state index contributed by atoms with van der Waals surface area (Å²) in [4.78, 5) is 32.7. The van der Waals surface area contributed by atoms with E-state index in [0.717, 1.165) is 44.0 Å². The largest absolute Gasteiger partial charge is 0.454 e. The van der Waals surface area contributed by atoms with Gasteiger partial charge in [0.25, 0.3) is 5.91 Å². The van der Waals surface area contributed by atoms with Crippen molar-refractivity contribution in [1.29, 1.82) is 0 Å². The van der Waals surface area contributed by atoms with Gasteiger partial charge in [-0.15, -0.1) is 11.3 Å². The lowest BCUT2D eigenvalue weighted by molar-refractivity contribution is -0.137. The number of ether oxygens (including phenoxy) is 2. The number of piperazine rings is 1. The number of carbonyl (C=O) groups is 2. The minimum atomic E-state index is -0.319. The fraction of sp³-hybridized carbons (Fsp3) is 0.455. The van der Waals surface area contributed by atoms with Crippen molar-refractivity contribution < 1.29 is 19.1 Å². The molecule has 158 valence electrons. The Morgan fingerprint density at radius 1 is 1.03 bits per heavy atom. The van der Waals surface area contributed by atoms with Crippen LogP contribution in [-0.2, 0) is 11.3 Å². The number of hydrogen-bond donors (Lipinski definition) is 0. The highest BCUT2D eigenvalue weighted by Gasteiger charge is 2.38. The molecule has 0 radical (unpaired) electrons. The van der Waals surface area contributed by atoms with Crippen molar-refractivity contribution in [3.63, 3.8) is 0 Å². The quantitative estimate of drug-likeness (QED) is 0.750. The first-order chi connectivity index (χ1) is 14.7. The lowest BCUT2D eigenvalue weighted by Gasteiger charge is -2.37. The Kier molecular flexibility index (Phi) is 5.35. The highest BCUT2D eigenvalue weighted by molar-refractivity contribution is 7.12. The third-order valence-corrected chi connectivity index (χ3v) is 6.92. The number of fused-ring (bicyclic) bond motifs is 1. The van der Waals surface area contributed by atoms with E-state index in [9.17, 15) is 9.59 Å². The van der Waals surface area contributed by atoms with Crippen molar-refractivity contribution in [3.05, 3.63) is 46.2 Å². The Labute approximate surface area is 179 Å². The molecule has 2 aromatic rings. The summed E-state index contributed by atoms with van der Waals surface area (Å²) in [5.74, 6) is 1.69. The summed E-state index contributed by atoms with van der Waals surface area (Å²) in [6.45, 7) is 4.81. The van der Waals surface area contributed by atoms with Crippen LogP contribution in [0.5, 0.6) is 11.5 Å². The Morgan fingerprint density at radius 2 is 1.87 bits per heavy atom. The van der Waals surface area contributed by atoms with E-state index in [-0.39, 0.29) is 24.6 Å². The highest BCUT2D eigenvalue weighted by Crippen LogP contribution is 2.33. The molecule has 2 saturated heterocycles. The Bertz CT molecular complexity index is 924. The Hall–Kier alpha value is -2.58. The molecule has 0 aliphatic carbocycles. The lowest BCUT2D eigenvalue weighted by atomic mass is 10.1. The van der Waals surface area contributed by atoms with E-state index in [2.05, 4.69) is 11.0 Å². The van der Waals surface area contributed by atoms with Gasteiger partial charge in [0.05, 0.1) is 4.88 Å². The van der Waals surface area contributed by atoms with Gasteiger partial charge in [-0.05, 0) is 42.0 Å². The van der Waals surface area contributed by atoms with E-state index < -0.39 is 0 Å². The van der Waals surface area contributed by atoms with Crippen molar-refractivity contribution in [2.75, 3.05) is 39.5 Å². The molecular formula is C22H25N3O4S. The predicted octanol–water partition coefficient (Wildman–Crippen LogP) is 2.43. The SMILES string of the molecule is O=C([C@H]1CCCN1C(=O)c1cccs1)N1CCN(Cc2ccc3c(c2)OCO3)CC1. The molecule has 0 unspecified atom stereocenters. The molecule has 8 heteroatoms. The molecule has 1 aromatic carbocycles. The van der Waals surface area contributed by atoms with Crippen LogP contribution in [-0.4, -0.2) is 72.1 Å². The lowest BCUT2D eigenvalue weighted by Crippen LogP contribution is -2.54. The highest BCUT2D eigenvalue weighted by atomic mass is 32.1. The normalized spacial score (nSPS) is 21.3. The van der Waals surface area contributed by atoms with E-state index in [4.69, 9.17) is 9.47 Å². The van der Waals surface area contributed by atoms with Crippen LogP contribution < -0.4 is 9.47 Å². The molecule has 0 spiro atoms. The number of amides is 2. The monoisotopic (exact) mass is 427 g/mol. The van der Waals surface area contributed by atoms with Gasteiger partial charge >= 0.3 is 0 Å². The van der Waals surface area contributed by atoms with E-state index in [1.807, 2.05) is 34.5 Å². The van der Waals surface area contributed by atoms with Crippen LogP contribution in [0.1, 0.15) is 28.1 Å². The zero-order chi connectivity index (χ0) is 20.5. The molecular weight excluding hydrogens is 402 g/mol. The molecule has 2 amide bonds. The van der Waals surface area contributed by atoms with Crippen LogP contribution in [0.4, 0.5) is 0 Å². The molecule has 0 saturated carbocycles. The van der Waals surface area contributed by atoms with Crippen LogP contribution in [0.2, 0.25) is 0 Å². The summed E-state index contributed by atoms with van der Waals surface area (Å²) in [5, 5.41) is 1.90. The third-order valence-electron chi connectivity index (χ3n) is 6.06. The smallest absolute Gasteiger partial charge is 0.264 e. The second-order valence-electron chi connectivity index (χ2n) is 7.92. The second-order valence-corrected chi connectivity index (χ2v) is 8.87. The van der Waals surface area contributed by atoms with Crippen molar-refractivity contribution in [1.82, 2.24) is 14.7 Å². The van der Waals surface area contributed by atoms with Gasteiger partial charge in [0.2, 0.25) is 12.7 Å². The van der Waals surface area contributed by atoms with E-state index in [0.29, 0.717) is 24.5 Å². The van der Waals surface area contributed by atoms with Gasteiger partial charge in [-0.2, -0.15) is 0 Å². The van der Waals surface area contributed by atoms with Crippen LogP contribution in [0.3, 0.4) is 0 Å². The second kappa shape index (κ2) is 8.28. The average Bonchev–Trinajstić information content (AvgIpc) is 3.54. The maximum absolute atomic E-state index is 13.2. The van der Waals surface area contributed by atoms with Crippen LogP contribution in [0.15, 0.2) is 35.7 Å². The zero-order valence-electron chi connectivity index (χ0n) is 16.8. The van der Waals surface area contributed by atoms with Gasteiger partial charge in [-0.1, -0.05) is 12.1 Å². The van der Waals surface area contributed by atoms with E-state index >= 15 is 0 Å². The summed E-state index contributed by atoms with van der Waals surface area (Å²) in [6, 6.07) is 9.45. The summed E-state index contributed by atoms with van der Waals surface area (Å²) in [7, 11) is 0. The topological polar surface area (TPSA) is 62.3 Å². The number of rotatable bonds is 4. The van der Waals surface area contributed by atoms with Crippen molar-refractivity contribution >= 4 is 23.2 Å². The first-order valence-corrected chi connectivity index (χ1v) is 11.3. The number of carbonyl (C=O) groups excluding carboxylic acids is 2. The summed E-state index contributed by atoms with van der Waals surface area (Å²) < 4.78 is 10.8. The number of hydrogen-bond acceptors (Lipinski definition) is 6. The van der Waals surface area contributed by atoms with Gasteiger partial charge in [0, 0.05) is 39.3 Å². The van der Waals surface area contributed by atoms with Gasteiger partial charge < -0.3 is 19.3 Å². The van der Waals surface area contributed by atoms with Gasteiger partial charge in [-0.25, -0.2) is 0 Å². The van der Waals surface area contributed by atoms with Gasteiger partial charge in [0.15, 0.2) is 11.5 Å². The number of benzene rings is 1. The molecule has 7 nitrogen and oxygen atoms in total. The summed E-state index contributed by atoms with van der Waals surface area (Å²) >= 11 is 1.44. The maximum Gasteiger partial charge on any atom is 0.264 e. The minimum Gasteiger partial charge on any atom is -0.454 e. The number of likely N-dealkylation sites (tertiary alicyclic amines) is 1. The molecule has 5 rings (SSSR count). The fourth-order valence-corrected chi connectivity index (χ4v) is 5.12.